The number of nitrogens with two attached hydrogens (primary N) is 1. The van der Waals surface area contributed by atoms with Crippen molar-refractivity contribution in [1.29, 1.82) is 0 Å². The van der Waals surface area contributed by atoms with Crippen molar-refractivity contribution in [3.05, 3.63) is 11.8 Å². The maximum atomic E-state index is 5.65. The fourth-order valence-electron chi connectivity index (χ4n) is 2.13. The fraction of sp³-hybridized carbons (Fsp3) is 0.636. The van der Waals surface area contributed by atoms with E-state index in [1.54, 1.807) is 0 Å². The molecule has 4 nitrogen and oxygen atoms in total. The fourth-order valence-corrected chi connectivity index (χ4v) is 2.13. The molecular weight excluding hydrogens is 188 g/mol. The van der Waals surface area contributed by atoms with Crippen LogP contribution in [-0.2, 0) is 0 Å². The minimum absolute atomic E-state index is 0.378. The third-order valence-corrected chi connectivity index (χ3v) is 2.84. The van der Waals surface area contributed by atoms with Crippen molar-refractivity contribution in [2.45, 2.75) is 26.7 Å². The molecule has 2 heterocycles. The average molecular weight is 206 g/mol. The van der Waals surface area contributed by atoms with Gasteiger partial charge in [0.15, 0.2) is 0 Å². The summed E-state index contributed by atoms with van der Waals surface area (Å²) in [6.07, 6.45) is 2.56. The van der Waals surface area contributed by atoms with Gasteiger partial charge < -0.3 is 10.6 Å². The van der Waals surface area contributed by atoms with E-state index >= 15 is 0 Å². The molecule has 1 aromatic rings. The molecule has 2 N–H and O–H groups in total. The van der Waals surface area contributed by atoms with E-state index in [1.807, 2.05) is 13.0 Å². The molecule has 1 aromatic heterocycles. The molecule has 0 bridgehead atoms. The van der Waals surface area contributed by atoms with Gasteiger partial charge in [-0.1, -0.05) is 6.92 Å². The van der Waals surface area contributed by atoms with Crippen LogP contribution in [-0.4, -0.2) is 23.1 Å². The van der Waals surface area contributed by atoms with E-state index in [-0.39, 0.29) is 0 Å². The lowest BCUT2D eigenvalue weighted by Crippen LogP contribution is -2.35. The van der Waals surface area contributed by atoms with Crippen molar-refractivity contribution in [3.8, 4) is 0 Å². The molecule has 0 radical (unpaired) electrons. The zero-order valence-corrected chi connectivity index (χ0v) is 9.40. The van der Waals surface area contributed by atoms with Crippen LogP contribution >= 0.6 is 0 Å². The average Bonchev–Trinajstić information content (AvgIpc) is 2.16. The van der Waals surface area contributed by atoms with E-state index < -0.39 is 0 Å². The van der Waals surface area contributed by atoms with Crippen molar-refractivity contribution in [1.82, 2.24) is 9.97 Å². The highest BCUT2D eigenvalue weighted by atomic mass is 15.2. The Kier molecular flexibility index (Phi) is 2.75. The molecule has 0 aromatic carbocycles. The highest BCUT2D eigenvalue weighted by Gasteiger charge is 2.17. The van der Waals surface area contributed by atoms with Gasteiger partial charge in [-0.3, -0.25) is 0 Å². The first kappa shape index (κ1) is 10.2. The van der Waals surface area contributed by atoms with Gasteiger partial charge in [0.05, 0.1) is 0 Å². The van der Waals surface area contributed by atoms with Crippen LogP contribution < -0.4 is 10.6 Å². The minimum Gasteiger partial charge on any atom is -0.368 e. The number of rotatable bonds is 1. The van der Waals surface area contributed by atoms with Crippen LogP contribution in [0.25, 0.3) is 0 Å². The number of piperidine rings is 1. The quantitative estimate of drug-likeness (QED) is 0.758. The number of nitrogen functional groups attached to an aromatic ring is 1. The summed E-state index contributed by atoms with van der Waals surface area (Å²) in [5, 5.41) is 0. The monoisotopic (exact) mass is 206 g/mol. The second kappa shape index (κ2) is 4.04. The van der Waals surface area contributed by atoms with E-state index in [2.05, 4.69) is 21.8 Å². The number of hydrogen-bond acceptors (Lipinski definition) is 4. The van der Waals surface area contributed by atoms with Crippen LogP contribution in [0.1, 0.15) is 25.5 Å². The molecule has 2 rings (SSSR count). The van der Waals surface area contributed by atoms with Gasteiger partial charge in [0.1, 0.15) is 5.82 Å². The van der Waals surface area contributed by atoms with Gasteiger partial charge in [-0.2, -0.15) is 4.98 Å². The Hall–Kier alpha value is -1.32. The van der Waals surface area contributed by atoms with E-state index in [0.29, 0.717) is 5.95 Å². The Bertz CT molecular complexity index is 330. The van der Waals surface area contributed by atoms with E-state index in [9.17, 15) is 0 Å². The molecule has 0 amide bonds. The molecule has 1 fully saturated rings. The number of aromatic nitrogens is 2. The normalized spacial score (nSPS) is 21.7. The molecule has 1 aliphatic heterocycles. The third-order valence-electron chi connectivity index (χ3n) is 2.84. The number of hydrogen-bond donors (Lipinski definition) is 1. The topological polar surface area (TPSA) is 55.0 Å². The highest BCUT2D eigenvalue weighted by molar-refractivity contribution is 5.43. The molecule has 0 spiro atoms. The van der Waals surface area contributed by atoms with Gasteiger partial charge in [-0.05, 0) is 25.7 Å². The van der Waals surface area contributed by atoms with Crippen LogP contribution in [0.4, 0.5) is 11.8 Å². The Labute approximate surface area is 90.5 Å². The van der Waals surface area contributed by atoms with E-state index in [1.165, 1.54) is 12.8 Å². The molecule has 1 aliphatic rings. The van der Waals surface area contributed by atoms with Gasteiger partial charge in [0, 0.05) is 24.8 Å². The van der Waals surface area contributed by atoms with Crippen molar-refractivity contribution in [2.24, 2.45) is 5.92 Å². The molecule has 4 heteroatoms. The molecule has 0 aliphatic carbocycles. The Morgan fingerprint density at radius 3 is 2.93 bits per heavy atom. The smallest absolute Gasteiger partial charge is 0.222 e. The summed E-state index contributed by atoms with van der Waals surface area (Å²) in [6, 6.07) is 2.01. The van der Waals surface area contributed by atoms with Gasteiger partial charge in [-0.15, -0.1) is 0 Å². The summed E-state index contributed by atoms with van der Waals surface area (Å²) in [6.45, 7) is 6.40. The summed E-state index contributed by atoms with van der Waals surface area (Å²) in [5.74, 6) is 2.10. The first-order valence-corrected chi connectivity index (χ1v) is 5.51. The second-order valence-corrected chi connectivity index (χ2v) is 4.42. The zero-order chi connectivity index (χ0) is 10.8. The molecule has 82 valence electrons. The Morgan fingerprint density at radius 2 is 2.27 bits per heavy atom. The Morgan fingerprint density at radius 1 is 1.47 bits per heavy atom. The number of anilines is 2. The first-order valence-electron chi connectivity index (χ1n) is 5.51. The van der Waals surface area contributed by atoms with Crippen molar-refractivity contribution < 1.29 is 0 Å². The van der Waals surface area contributed by atoms with Gasteiger partial charge in [-0.25, -0.2) is 4.98 Å². The number of nitrogens with zero attached hydrogens (tertiary/aromatic N) is 3. The van der Waals surface area contributed by atoms with Crippen LogP contribution in [0.15, 0.2) is 6.07 Å². The second-order valence-electron chi connectivity index (χ2n) is 4.42. The van der Waals surface area contributed by atoms with Crippen LogP contribution in [0, 0.1) is 12.8 Å². The van der Waals surface area contributed by atoms with E-state index in [4.69, 9.17) is 5.73 Å². The van der Waals surface area contributed by atoms with Crippen molar-refractivity contribution >= 4 is 11.8 Å². The summed E-state index contributed by atoms with van der Waals surface area (Å²) >= 11 is 0. The molecule has 15 heavy (non-hydrogen) atoms. The highest BCUT2D eigenvalue weighted by Crippen LogP contribution is 2.21. The molecule has 0 saturated carbocycles. The maximum Gasteiger partial charge on any atom is 0.222 e. The number of aryl methyl sites for hydroxylation is 1. The molecular formula is C11H18N4. The molecule has 1 unspecified atom stereocenters. The van der Waals surface area contributed by atoms with Crippen LogP contribution in [0.3, 0.4) is 0 Å². The SMILES string of the molecule is Cc1cc(N2CCCC(C)C2)nc(N)n1. The lowest BCUT2D eigenvalue weighted by atomic mass is 10.0. The van der Waals surface area contributed by atoms with E-state index in [0.717, 1.165) is 30.5 Å². The third kappa shape index (κ3) is 2.37. The minimum atomic E-state index is 0.378. The lowest BCUT2D eigenvalue weighted by Gasteiger charge is -2.31. The van der Waals surface area contributed by atoms with Gasteiger partial charge >= 0.3 is 0 Å². The predicted octanol–water partition coefficient (Wildman–Crippen LogP) is 1.60. The predicted molar refractivity (Wildman–Crippen MR) is 61.8 cm³/mol. The summed E-state index contributed by atoms with van der Waals surface area (Å²) in [4.78, 5) is 10.7. The largest absolute Gasteiger partial charge is 0.368 e. The maximum absolute atomic E-state index is 5.65. The zero-order valence-electron chi connectivity index (χ0n) is 9.40. The van der Waals surface area contributed by atoms with Gasteiger partial charge in [0.2, 0.25) is 5.95 Å². The molecule has 1 saturated heterocycles. The lowest BCUT2D eigenvalue weighted by molar-refractivity contribution is 0.444. The molecule has 1 atom stereocenters. The summed E-state index contributed by atoms with van der Waals surface area (Å²) in [7, 11) is 0. The first-order chi connectivity index (χ1) is 7.15. The summed E-state index contributed by atoms with van der Waals surface area (Å²) < 4.78 is 0. The van der Waals surface area contributed by atoms with Crippen molar-refractivity contribution in [3.63, 3.8) is 0 Å². The summed E-state index contributed by atoms with van der Waals surface area (Å²) in [5.41, 5.74) is 6.59. The van der Waals surface area contributed by atoms with Gasteiger partial charge in [0.25, 0.3) is 0 Å². The van der Waals surface area contributed by atoms with Crippen LogP contribution in [0.2, 0.25) is 0 Å². The Balaban J connectivity index is 2.20. The standard InChI is InChI=1S/C11H18N4/c1-8-4-3-5-15(7-8)10-6-9(2)13-11(12)14-10/h6,8H,3-5,7H2,1-2H3,(H2,12,13,14). The van der Waals surface area contributed by atoms with Crippen molar-refractivity contribution in [2.75, 3.05) is 23.7 Å². The van der Waals surface area contributed by atoms with Crippen LogP contribution in [0.5, 0.6) is 0 Å².